The molecule has 2 atom stereocenters. The van der Waals surface area contributed by atoms with Gasteiger partial charge in [-0.25, -0.2) is 0 Å². The summed E-state index contributed by atoms with van der Waals surface area (Å²) >= 11 is 0. The van der Waals surface area contributed by atoms with Crippen LogP contribution >= 0.6 is 0 Å². The number of hydrogen-bond donors (Lipinski definition) is 4. The summed E-state index contributed by atoms with van der Waals surface area (Å²) in [5.41, 5.74) is -0.205. The molecule has 9 heteroatoms. The number of aromatic nitrogens is 1. The third kappa shape index (κ3) is 6.04. The summed E-state index contributed by atoms with van der Waals surface area (Å²) in [7, 11) is 0. The maximum Gasteiger partial charge on any atom is 0.417 e. The molecule has 1 aromatic carbocycles. The van der Waals surface area contributed by atoms with E-state index in [1.54, 1.807) is 0 Å². The second kappa shape index (κ2) is 9.91. The van der Waals surface area contributed by atoms with Gasteiger partial charge < -0.3 is 10.6 Å². The van der Waals surface area contributed by atoms with E-state index in [1.807, 2.05) is 30.3 Å². The molecule has 1 fully saturated rings. The molecule has 2 heterocycles. The number of halogens is 3. The van der Waals surface area contributed by atoms with Crippen LogP contribution in [0.1, 0.15) is 30.4 Å². The first-order valence-corrected chi connectivity index (χ1v) is 10.2. The summed E-state index contributed by atoms with van der Waals surface area (Å²) in [5, 5.41) is 22.6. The normalized spacial score (nSPS) is 17.7. The van der Waals surface area contributed by atoms with Gasteiger partial charge in [-0.3, -0.25) is 20.2 Å². The molecule has 1 unspecified atom stereocenters. The minimum absolute atomic E-state index is 0.228. The molecule has 1 aromatic heterocycles. The van der Waals surface area contributed by atoms with Crippen LogP contribution in [-0.4, -0.2) is 35.4 Å². The molecular weight excluding hydrogens is 407 g/mol. The molecule has 2 aromatic rings. The first-order chi connectivity index (χ1) is 14.8. The molecule has 1 aliphatic rings. The van der Waals surface area contributed by atoms with E-state index in [0.717, 1.165) is 47.8 Å². The van der Waals surface area contributed by atoms with Crippen LogP contribution in [0.3, 0.4) is 0 Å². The highest BCUT2D eigenvalue weighted by Gasteiger charge is 2.32. The Morgan fingerprint density at radius 1 is 1.23 bits per heavy atom. The van der Waals surface area contributed by atoms with Gasteiger partial charge in [-0.15, -0.1) is 0 Å². The number of pyridine rings is 1. The Morgan fingerprint density at radius 3 is 2.61 bits per heavy atom. The van der Waals surface area contributed by atoms with Crippen LogP contribution in [0.2, 0.25) is 0 Å². The lowest BCUT2D eigenvalue weighted by Gasteiger charge is -2.27. The van der Waals surface area contributed by atoms with Crippen molar-refractivity contribution < 1.29 is 18.0 Å². The fraction of sp³-hybridized carbons (Fsp3) is 0.409. The Labute approximate surface area is 178 Å². The van der Waals surface area contributed by atoms with Crippen LogP contribution < -0.4 is 16.1 Å². The predicted molar refractivity (Wildman–Crippen MR) is 111 cm³/mol. The van der Waals surface area contributed by atoms with Crippen molar-refractivity contribution in [2.75, 3.05) is 13.1 Å². The summed E-state index contributed by atoms with van der Waals surface area (Å²) < 4.78 is 40.4. The number of nitrogens with one attached hydrogen (secondary N) is 4. The number of rotatable bonds is 6. The van der Waals surface area contributed by atoms with E-state index >= 15 is 0 Å². The van der Waals surface area contributed by atoms with Crippen LogP contribution in [0.15, 0.2) is 48.7 Å². The van der Waals surface area contributed by atoms with Gasteiger partial charge in [-0.1, -0.05) is 30.3 Å². The maximum absolute atomic E-state index is 13.2. The molecule has 3 rings (SSSR count). The molecule has 166 valence electrons. The van der Waals surface area contributed by atoms with Gasteiger partial charge in [-0.05, 0) is 49.9 Å². The van der Waals surface area contributed by atoms with E-state index in [2.05, 4.69) is 10.6 Å². The molecular formula is C22H26F3N5O. The van der Waals surface area contributed by atoms with Crippen LogP contribution in [0.4, 0.5) is 13.2 Å². The third-order valence-corrected chi connectivity index (χ3v) is 5.41. The van der Waals surface area contributed by atoms with Crippen LogP contribution in [0.25, 0.3) is 0 Å². The van der Waals surface area contributed by atoms with Crippen molar-refractivity contribution >= 4 is 11.7 Å². The molecule has 4 N–H and O–H groups in total. The topological polar surface area (TPSA) is 93.8 Å². The SMILES string of the molecule is N=C([C@@H](CCc1ccccc1)NC(=O)C1CCCNC1)n1cc(C(F)(F)F)ccc1=N. The van der Waals surface area contributed by atoms with E-state index in [9.17, 15) is 18.0 Å². The third-order valence-electron chi connectivity index (χ3n) is 5.41. The van der Waals surface area contributed by atoms with E-state index in [0.29, 0.717) is 19.4 Å². The average molecular weight is 433 g/mol. The Hall–Kier alpha value is -2.94. The van der Waals surface area contributed by atoms with E-state index in [1.165, 1.54) is 0 Å². The summed E-state index contributed by atoms with van der Waals surface area (Å²) in [5.74, 6) is -0.735. The summed E-state index contributed by atoms with van der Waals surface area (Å²) in [6.45, 7) is 1.38. The van der Waals surface area contributed by atoms with E-state index in [4.69, 9.17) is 10.8 Å². The van der Waals surface area contributed by atoms with Crippen molar-refractivity contribution in [2.45, 2.75) is 37.9 Å². The quantitative estimate of drug-likeness (QED) is 0.417. The average Bonchev–Trinajstić information content (AvgIpc) is 2.77. The number of benzene rings is 1. The molecule has 0 radical (unpaired) electrons. The predicted octanol–water partition coefficient (Wildman–Crippen LogP) is 2.93. The fourth-order valence-electron chi connectivity index (χ4n) is 3.63. The first kappa shape index (κ1) is 22.7. The number of alkyl halides is 3. The number of piperidine rings is 1. The first-order valence-electron chi connectivity index (χ1n) is 10.2. The van der Waals surface area contributed by atoms with Gasteiger partial charge in [0.2, 0.25) is 5.91 Å². The Balaban J connectivity index is 1.84. The number of hydrogen-bond acceptors (Lipinski definition) is 4. The Bertz CT molecular complexity index is 965. The summed E-state index contributed by atoms with van der Waals surface area (Å²) in [6.07, 6.45) is -1.40. The summed E-state index contributed by atoms with van der Waals surface area (Å²) in [6, 6.07) is 10.5. The number of nitrogens with zero attached hydrogens (tertiary/aromatic N) is 1. The zero-order valence-corrected chi connectivity index (χ0v) is 17.0. The highest BCUT2D eigenvalue weighted by atomic mass is 19.4. The molecule has 0 saturated carbocycles. The molecule has 1 aliphatic heterocycles. The summed E-state index contributed by atoms with van der Waals surface area (Å²) in [4.78, 5) is 12.8. The minimum atomic E-state index is -4.59. The van der Waals surface area contributed by atoms with Crippen molar-refractivity contribution in [1.29, 1.82) is 10.8 Å². The van der Waals surface area contributed by atoms with Crippen LogP contribution in [0, 0.1) is 16.7 Å². The number of carbonyl (C=O) groups excluding carboxylic acids is 1. The van der Waals surface area contributed by atoms with Crippen molar-refractivity contribution in [3.63, 3.8) is 0 Å². The second-order valence-electron chi connectivity index (χ2n) is 7.68. The van der Waals surface area contributed by atoms with Crippen molar-refractivity contribution in [2.24, 2.45) is 5.92 Å². The van der Waals surface area contributed by atoms with Gasteiger partial charge >= 0.3 is 6.18 Å². The van der Waals surface area contributed by atoms with Crippen LogP contribution in [-0.2, 0) is 17.4 Å². The molecule has 0 spiro atoms. The fourth-order valence-corrected chi connectivity index (χ4v) is 3.63. The van der Waals surface area contributed by atoms with Gasteiger partial charge in [0.1, 0.15) is 11.3 Å². The highest BCUT2D eigenvalue weighted by Crippen LogP contribution is 2.28. The lowest BCUT2D eigenvalue weighted by atomic mass is 9.97. The standard InChI is InChI=1S/C22H26F3N5O/c23-22(24,25)17-9-11-19(26)30(14-17)20(27)18(10-8-15-5-2-1-3-6-15)29-21(31)16-7-4-12-28-13-16/h1-3,5-6,9,11,14,16,18,26-28H,4,7-8,10,12-13H2,(H,29,31)/t16?,18-/m1/s1. The van der Waals surface area contributed by atoms with Gasteiger partial charge in [0, 0.05) is 12.7 Å². The smallest absolute Gasteiger partial charge is 0.346 e. The lowest BCUT2D eigenvalue weighted by Crippen LogP contribution is -2.50. The highest BCUT2D eigenvalue weighted by molar-refractivity contribution is 5.91. The zero-order chi connectivity index (χ0) is 22.4. The zero-order valence-electron chi connectivity index (χ0n) is 17.0. The Kier molecular flexibility index (Phi) is 7.27. The van der Waals surface area contributed by atoms with Gasteiger partial charge in [0.25, 0.3) is 0 Å². The Morgan fingerprint density at radius 2 is 1.97 bits per heavy atom. The largest absolute Gasteiger partial charge is 0.417 e. The van der Waals surface area contributed by atoms with Gasteiger partial charge in [0.15, 0.2) is 0 Å². The van der Waals surface area contributed by atoms with Crippen molar-refractivity contribution in [3.8, 4) is 0 Å². The van der Waals surface area contributed by atoms with E-state index < -0.39 is 17.8 Å². The molecule has 1 amide bonds. The molecule has 6 nitrogen and oxygen atoms in total. The van der Waals surface area contributed by atoms with Crippen LogP contribution in [0.5, 0.6) is 0 Å². The number of aryl methyl sites for hydroxylation is 1. The minimum Gasteiger partial charge on any atom is -0.346 e. The molecule has 1 saturated heterocycles. The van der Waals surface area contributed by atoms with Crippen molar-refractivity contribution in [1.82, 2.24) is 15.2 Å². The monoisotopic (exact) mass is 433 g/mol. The number of amides is 1. The molecule has 0 bridgehead atoms. The maximum atomic E-state index is 13.2. The second-order valence-corrected chi connectivity index (χ2v) is 7.68. The van der Waals surface area contributed by atoms with Gasteiger partial charge in [0.05, 0.1) is 17.5 Å². The molecule has 31 heavy (non-hydrogen) atoms. The molecule has 0 aliphatic carbocycles. The van der Waals surface area contributed by atoms with Gasteiger partial charge in [-0.2, -0.15) is 13.2 Å². The number of carbonyl (C=O) groups is 1. The van der Waals surface area contributed by atoms with Crippen molar-refractivity contribution in [3.05, 3.63) is 65.3 Å². The van der Waals surface area contributed by atoms with E-state index in [-0.39, 0.29) is 23.1 Å². The lowest BCUT2D eigenvalue weighted by molar-refractivity contribution is -0.138.